The number of carbonyl (C=O) groups excluding carboxylic acids is 2. The fourth-order valence-corrected chi connectivity index (χ4v) is 1.01. The highest BCUT2D eigenvalue weighted by molar-refractivity contribution is 5.77. The molecule has 1 amide bonds. The molecule has 4 nitrogen and oxygen atoms in total. The highest BCUT2D eigenvalue weighted by Gasteiger charge is 2.14. The predicted octanol–water partition coefficient (Wildman–Crippen LogP) is 0.654. The van der Waals surface area contributed by atoms with Crippen molar-refractivity contribution in [3.05, 3.63) is 0 Å². The van der Waals surface area contributed by atoms with Crippen molar-refractivity contribution in [1.29, 1.82) is 0 Å². The predicted molar refractivity (Wildman–Crippen MR) is 43.2 cm³/mol. The number of carbonyl (C=O) groups is 1. The van der Waals surface area contributed by atoms with Crippen LogP contribution in [-0.4, -0.2) is 17.4 Å². The van der Waals surface area contributed by atoms with E-state index < -0.39 is 11.8 Å². The van der Waals surface area contributed by atoms with Crippen molar-refractivity contribution < 1.29 is 14.8 Å². The summed E-state index contributed by atoms with van der Waals surface area (Å²) in [5, 5.41) is 8.18. The minimum absolute atomic E-state index is 0.0121. The van der Waals surface area contributed by atoms with Crippen LogP contribution >= 0.6 is 0 Å². The summed E-state index contributed by atoms with van der Waals surface area (Å²) in [6.45, 7) is 3.92. The molecule has 0 aromatic heterocycles. The highest BCUT2D eigenvalue weighted by atomic mass is 16.5. The largest absolute Gasteiger partial charge is 0.291 e. The van der Waals surface area contributed by atoms with E-state index in [1.54, 1.807) is 6.29 Å². The molecule has 69 valence electrons. The van der Waals surface area contributed by atoms with Crippen molar-refractivity contribution in [2.75, 3.05) is 0 Å². The monoisotopic (exact) mass is 172 g/mol. The number of amides is 1. The summed E-state index contributed by atoms with van der Waals surface area (Å²) in [5.41, 5.74) is 1.49. The first-order valence-electron chi connectivity index (χ1n) is 3.90. The smallest absolute Gasteiger partial charge is 0.244 e. The van der Waals surface area contributed by atoms with Crippen molar-refractivity contribution in [2.45, 2.75) is 26.7 Å². The fraction of sp³-hybridized carbons (Fsp3) is 0.750. The topological polar surface area (TPSA) is 66.4 Å². The quantitative estimate of drug-likeness (QED) is 0.472. The molecular weight excluding hydrogens is 158 g/mol. The highest BCUT2D eigenvalue weighted by Crippen LogP contribution is 2.12. The van der Waals surface area contributed by atoms with E-state index in [1.165, 1.54) is 5.48 Å². The Balaban J connectivity index is 3.82. The van der Waals surface area contributed by atoms with Gasteiger partial charge in [0.05, 0.1) is 0 Å². The molecule has 0 spiro atoms. The lowest BCUT2D eigenvalue weighted by Gasteiger charge is -2.09. The molecule has 0 bridgehead atoms. The number of hydroxylamine groups is 1. The Morgan fingerprint density at radius 2 is 2.17 bits per heavy atom. The molecule has 0 unspecified atom stereocenters. The second kappa shape index (κ2) is 5.71. The van der Waals surface area contributed by atoms with Gasteiger partial charge in [0, 0.05) is 12.3 Å². The molecule has 0 aromatic carbocycles. The van der Waals surface area contributed by atoms with Crippen molar-refractivity contribution in [1.82, 2.24) is 5.48 Å². The minimum Gasteiger partial charge on any atom is -0.291 e. The summed E-state index contributed by atoms with van der Waals surface area (Å²) in [7, 11) is 0. The molecule has 0 aliphatic heterocycles. The molecule has 12 heavy (non-hydrogen) atoms. The van der Waals surface area contributed by atoms with Crippen LogP contribution in [0.3, 0.4) is 0 Å². The standard InChI is InChI=1S/C8H14NO3/c1-6(2)3-7(5-10)4-8(11)9-12/h6-7,12H,3-4H2,1-2H3,(H,9,11)/t7-/m0/s1. The van der Waals surface area contributed by atoms with Gasteiger partial charge in [-0.3, -0.25) is 14.8 Å². The van der Waals surface area contributed by atoms with E-state index in [9.17, 15) is 9.59 Å². The average molecular weight is 172 g/mol. The van der Waals surface area contributed by atoms with E-state index >= 15 is 0 Å². The molecule has 1 atom stereocenters. The van der Waals surface area contributed by atoms with Gasteiger partial charge in [-0.15, -0.1) is 0 Å². The minimum atomic E-state index is -0.538. The Kier molecular flexibility index (Phi) is 5.28. The lowest BCUT2D eigenvalue weighted by Crippen LogP contribution is -2.23. The van der Waals surface area contributed by atoms with Crippen LogP contribution < -0.4 is 5.48 Å². The van der Waals surface area contributed by atoms with E-state index in [2.05, 4.69) is 0 Å². The summed E-state index contributed by atoms with van der Waals surface area (Å²) in [6, 6.07) is 0. The van der Waals surface area contributed by atoms with Gasteiger partial charge in [0.15, 0.2) is 0 Å². The lowest BCUT2D eigenvalue weighted by molar-refractivity contribution is -0.129. The van der Waals surface area contributed by atoms with Crippen LogP contribution in [-0.2, 0) is 9.59 Å². The van der Waals surface area contributed by atoms with Gasteiger partial charge in [-0.25, -0.2) is 5.48 Å². The van der Waals surface area contributed by atoms with Crippen molar-refractivity contribution >= 4 is 12.2 Å². The molecule has 0 aromatic rings. The first kappa shape index (κ1) is 11.1. The van der Waals surface area contributed by atoms with Crippen LogP contribution in [0.4, 0.5) is 0 Å². The van der Waals surface area contributed by atoms with Crippen LogP contribution in [0.1, 0.15) is 26.7 Å². The maximum Gasteiger partial charge on any atom is 0.244 e. The van der Waals surface area contributed by atoms with E-state index in [4.69, 9.17) is 5.21 Å². The van der Waals surface area contributed by atoms with Crippen molar-refractivity contribution in [3.63, 3.8) is 0 Å². The number of rotatable bonds is 5. The first-order valence-corrected chi connectivity index (χ1v) is 3.90. The molecule has 4 heteroatoms. The summed E-state index contributed by atoms with van der Waals surface area (Å²) in [5.74, 6) is -0.593. The molecule has 2 N–H and O–H groups in total. The van der Waals surface area contributed by atoms with E-state index in [0.717, 1.165) is 0 Å². The zero-order valence-electron chi connectivity index (χ0n) is 7.33. The molecule has 0 heterocycles. The second-order valence-electron chi connectivity index (χ2n) is 3.18. The first-order chi connectivity index (χ1) is 5.60. The second-order valence-corrected chi connectivity index (χ2v) is 3.18. The Morgan fingerprint density at radius 3 is 2.50 bits per heavy atom. The van der Waals surface area contributed by atoms with Gasteiger partial charge >= 0.3 is 0 Å². The zero-order valence-corrected chi connectivity index (χ0v) is 7.33. The van der Waals surface area contributed by atoms with Gasteiger partial charge < -0.3 is 0 Å². The summed E-state index contributed by atoms with van der Waals surface area (Å²) >= 11 is 0. The summed E-state index contributed by atoms with van der Waals surface area (Å²) in [4.78, 5) is 20.9. The van der Waals surface area contributed by atoms with Crippen LogP contribution in [0.15, 0.2) is 0 Å². The van der Waals surface area contributed by atoms with Crippen molar-refractivity contribution in [2.24, 2.45) is 11.8 Å². The van der Waals surface area contributed by atoms with Crippen LogP contribution in [0.25, 0.3) is 0 Å². The third-order valence-corrected chi connectivity index (χ3v) is 1.48. The van der Waals surface area contributed by atoms with Crippen LogP contribution in [0.2, 0.25) is 0 Å². The maximum atomic E-state index is 10.6. The van der Waals surface area contributed by atoms with E-state index in [0.29, 0.717) is 12.3 Å². The van der Waals surface area contributed by atoms with Crippen molar-refractivity contribution in [3.8, 4) is 0 Å². The van der Waals surface area contributed by atoms with Crippen LogP contribution in [0, 0.1) is 11.8 Å². The Morgan fingerprint density at radius 1 is 1.58 bits per heavy atom. The van der Waals surface area contributed by atoms with Gasteiger partial charge in [0.1, 0.15) is 0 Å². The fourth-order valence-electron chi connectivity index (χ4n) is 1.01. The third-order valence-electron chi connectivity index (χ3n) is 1.48. The maximum absolute atomic E-state index is 10.6. The molecule has 0 aliphatic rings. The number of nitrogens with one attached hydrogen (secondary N) is 1. The van der Waals surface area contributed by atoms with Gasteiger partial charge in [0.25, 0.3) is 0 Å². The third kappa shape index (κ3) is 4.85. The molecule has 0 saturated carbocycles. The number of hydrogen-bond acceptors (Lipinski definition) is 3. The molecule has 0 rings (SSSR count). The number of hydrogen-bond donors (Lipinski definition) is 2. The Bertz CT molecular complexity index is 156. The van der Waals surface area contributed by atoms with Gasteiger partial charge in [0.2, 0.25) is 12.2 Å². The van der Waals surface area contributed by atoms with E-state index in [1.807, 2.05) is 13.8 Å². The summed E-state index contributed by atoms with van der Waals surface area (Å²) < 4.78 is 0. The zero-order chi connectivity index (χ0) is 9.56. The van der Waals surface area contributed by atoms with Gasteiger partial charge in [-0.05, 0) is 12.3 Å². The molecule has 0 aliphatic carbocycles. The molecular formula is C8H14NO3. The average Bonchev–Trinajstić information content (AvgIpc) is 2.02. The summed E-state index contributed by atoms with van der Waals surface area (Å²) in [6.07, 6.45) is 2.41. The lowest BCUT2D eigenvalue weighted by atomic mass is 9.95. The molecule has 1 radical (unpaired) electrons. The SMILES string of the molecule is CC(C)C[C@H]([C]=O)CC(=O)NO. The van der Waals surface area contributed by atoms with E-state index in [-0.39, 0.29) is 6.42 Å². The van der Waals surface area contributed by atoms with Gasteiger partial charge in [-0.1, -0.05) is 13.8 Å². The Labute approximate surface area is 71.9 Å². The van der Waals surface area contributed by atoms with Gasteiger partial charge in [-0.2, -0.15) is 0 Å². The van der Waals surface area contributed by atoms with Crippen LogP contribution in [0.5, 0.6) is 0 Å². The Hall–Kier alpha value is -0.900. The molecule has 0 fully saturated rings. The normalized spacial score (nSPS) is 12.7. The molecule has 0 saturated heterocycles.